The molecule has 18 heavy (non-hydrogen) atoms. The number of hydrogen-bond donors (Lipinski definition) is 0. The second kappa shape index (κ2) is 5.97. The molecule has 0 spiro atoms. The molecule has 1 fully saturated rings. The van der Waals surface area contributed by atoms with Gasteiger partial charge in [0, 0.05) is 45.5 Å². The van der Waals surface area contributed by atoms with E-state index < -0.39 is 0 Å². The Bertz CT molecular complexity index is 500. The molecule has 0 radical (unpaired) electrons. The van der Waals surface area contributed by atoms with Gasteiger partial charge in [0.15, 0.2) is 0 Å². The van der Waals surface area contributed by atoms with Gasteiger partial charge >= 0.3 is 5.69 Å². The summed E-state index contributed by atoms with van der Waals surface area (Å²) in [6.07, 6.45) is 2.47. The van der Waals surface area contributed by atoms with E-state index in [0.29, 0.717) is 6.54 Å². The van der Waals surface area contributed by atoms with E-state index in [1.165, 1.54) is 13.1 Å². The quantitative estimate of drug-likeness (QED) is 0.710. The third-order valence-electron chi connectivity index (χ3n) is 3.24. The number of nitrogens with zero attached hydrogens (tertiary/aromatic N) is 3. The second-order valence-corrected chi connectivity index (χ2v) is 4.50. The van der Waals surface area contributed by atoms with Crippen molar-refractivity contribution in [3.8, 4) is 0 Å². The highest BCUT2D eigenvalue weighted by molar-refractivity contribution is 4.85. The van der Waals surface area contributed by atoms with Crippen LogP contribution in [0.2, 0.25) is 0 Å². The highest BCUT2D eigenvalue weighted by Gasteiger charge is 2.09. The normalized spacial score (nSPS) is 16.9. The fourth-order valence-corrected chi connectivity index (χ4v) is 2.08. The maximum atomic E-state index is 11.8. The summed E-state index contributed by atoms with van der Waals surface area (Å²) in [7, 11) is 1.50. The molecule has 0 bridgehead atoms. The van der Waals surface area contributed by atoms with Gasteiger partial charge in [-0.1, -0.05) is 0 Å². The van der Waals surface area contributed by atoms with Crippen molar-refractivity contribution in [2.45, 2.75) is 13.0 Å². The van der Waals surface area contributed by atoms with E-state index in [0.717, 1.165) is 43.8 Å². The van der Waals surface area contributed by atoms with E-state index in [2.05, 4.69) is 4.90 Å². The summed E-state index contributed by atoms with van der Waals surface area (Å²) >= 11 is 0. The predicted octanol–water partition coefficient (Wildman–Crippen LogP) is -0.731. The molecule has 0 saturated carbocycles. The fraction of sp³-hybridized carbons (Fsp3) is 0.667. The molecule has 0 aromatic carbocycles. The van der Waals surface area contributed by atoms with Crippen molar-refractivity contribution < 1.29 is 4.74 Å². The van der Waals surface area contributed by atoms with Crippen LogP contribution in [0.5, 0.6) is 0 Å². The number of ether oxygens (including phenoxy) is 1. The van der Waals surface area contributed by atoms with Crippen LogP contribution < -0.4 is 11.2 Å². The molecule has 1 aromatic heterocycles. The van der Waals surface area contributed by atoms with Gasteiger partial charge in [-0.25, -0.2) is 4.79 Å². The standard InChI is InChI=1S/C12H19N3O3/c1-13-11(16)3-6-15(12(13)17)5-2-4-14-7-9-18-10-8-14/h3,6H,2,4-5,7-10H2,1H3. The van der Waals surface area contributed by atoms with Crippen LogP contribution in [-0.2, 0) is 18.3 Å². The Morgan fingerprint density at radius 1 is 1.22 bits per heavy atom. The minimum Gasteiger partial charge on any atom is -0.379 e. The Morgan fingerprint density at radius 2 is 1.94 bits per heavy atom. The van der Waals surface area contributed by atoms with Crippen LogP contribution in [0, 0.1) is 0 Å². The molecule has 2 rings (SSSR count). The molecular weight excluding hydrogens is 234 g/mol. The lowest BCUT2D eigenvalue weighted by atomic mass is 10.3. The molecule has 100 valence electrons. The Morgan fingerprint density at radius 3 is 2.67 bits per heavy atom. The summed E-state index contributed by atoms with van der Waals surface area (Å²) < 4.78 is 8.00. The molecule has 6 nitrogen and oxygen atoms in total. The number of morpholine rings is 1. The Hall–Kier alpha value is -1.40. The average molecular weight is 253 g/mol. The molecule has 6 heteroatoms. The second-order valence-electron chi connectivity index (χ2n) is 4.50. The van der Waals surface area contributed by atoms with Gasteiger partial charge in [0.1, 0.15) is 0 Å². The number of rotatable bonds is 4. The zero-order chi connectivity index (χ0) is 13.0. The molecule has 1 aromatic rings. The van der Waals surface area contributed by atoms with E-state index in [4.69, 9.17) is 4.74 Å². The van der Waals surface area contributed by atoms with Crippen molar-refractivity contribution >= 4 is 0 Å². The number of hydrogen-bond acceptors (Lipinski definition) is 4. The predicted molar refractivity (Wildman–Crippen MR) is 67.8 cm³/mol. The molecule has 0 atom stereocenters. The van der Waals surface area contributed by atoms with Gasteiger partial charge in [0.25, 0.3) is 5.56 Å². The van der Waals surface area contributed by atoms with Crippen LogP contribution >= 0.6 is 0 Å². The lowest BCUT2D eigenvalue weighted by molar-refractivity contribution is 0.0369. The fourth-order valence-electron chi connectivity index (χ4n) is 2.08. The minimum atomic E-state index is -0.260. The monoisotopic (exact) mass is 253 g/mol. The first-order valence-corrected chi connectivity index (χ1v) is 6.25. The topological polar surface area (TPSA) is 56.5 Å². The Labute approximate surface area is 105 Å². The molecule has 0 N–H and O–H groups in total. The first-order valence-electron chi connectivity index (χ1n) is 6.25. The van der Waals surface area contributed by atoms with E-state index in [1.54, 1.807) is 10.8 Å². The van der Waals surface area contributed by atoms with Crippen molar-refractivity contribution in [1.29, 1.82) is 0 Å². The molecule has 0 unspecified atom stereocenters. The smallest absolute Gasteiger partial charge is 0.330 e. The summed E-state index contributed by atoms with van der Waals surface area (Å²) in [6.45, 7) is 5.10. The summed E-state index contributed by atoms with van der Waals surface area (Å²) in [5.74, 6) is 0. The molecule has 0 amide bonds. The van der Waals surface area contributed by atoms with Crippen LogP contribution in [0.25, 0.3) is 0 Å². The minimum absolute atomic E-state index is 0.246. The largest absolute Gasteiger partial charge is 0.379 e. The summed E-state index contributed by atoms with van der Waals surface area (Å²) in [5, 5.41) is 0. The summed E-state index contributed by atoms with van der Waals surface area (Å²) in [4.78, 5) is 25.3. The van der Waals surface area contributed by atoms with Crippen molar-refractivity contribution in [1.82, 2.24) is 14.0 Å². The maximum absolute atomic E-state index is 11.8. The Kier molecular flexibility index (Phi) is 4.33. The van der Waals surface area contributed by atoms with Gasteiger partial charge in [-0.3, -0.25) is 14.3 Å². The molecular formula is C12H19N3O3. The number of aryl methyl sites for hydroxylation is 1. The van der Waals surface area contributed by atoms with Crippen LogP contribution in [0.3, 0.4) is 0 Å². The van der Waals surface area contributed by atoms with Crippen molar-refractivity contribution in [2.75, 3.05) is 32.8 Å². The Balaban J connectivity index is 1.88. The van der Waals surface area contributed by atoms with Crippen LogP contribution in [-0.4, -0.2) is 46.9 Å². The first kappa shape index (κ1) is 13.0. The molecule has 0 aliphatic carbocycles. The van der Waals surface area contributed by atoms with Crippen molar-refractivity contribution in [3.63, 3.8) is 0 Å². The van der Waals surface area contributed by atoms with Gasteiger partial charge in [-0.15, -0.1) is 0 Å². The maximum Gasteiger partial charge on any atom is 0.330 e. The van der Waals surface area contributed by atoms with Crippen LogP contribution in [0.1, 0.15) is 6.42 Å². The number of aromatic nitrogens is 2. The highest BCUT2D eigenvalue weighted by atomic mass is 16.5. The van der Waals surface area contributed by atoms with Gasteiger partial charge in [0.2, 0.25) is 0 Å². The van der Waals surface area contributed by atoms with Crippen molar-refractivity contribution in [3.05, 3.63) is 33.1 Å². The highest BCUT2D eigenvalue weighted by Crippen LogP contribution is 1.98. The van der Waals surface area contributed by atoms with E-state index in [1.807, 2.05) is 0 Å². The van der Waals surface area contributed by atoms with Gasteiger partial charge in [-0.2, -0.15) is 0 Å². The molecule has 1 aliphatic rings. The van der Waals surface area contributed by atoms with Gasteiger partial charge < -0.3 is 9.30 Å². The zero-order valence-corrected chi connectivity index (χ0v) is 10.7. The zero-order valence-electron chi connectivity index (χ0n) is 10.7. The molecule has 1 aliphatic heterocycles. The SMILES string of the molecule is Cn1c(=O)ccn(CCCN2CCOCC2)c1=O. The third-order valence-corrected chi connectivity index (χ3v) is 3.24. The molecule has 2 heterocycles. The third kappa shape index (κ3) is 3.08. The molecule has 1 saturated heterocycles. The van der Waals surface area contributed by atoms with Crippen LogP contribution in [0.4, 0.5) is 0 Å². The van der Waals surface area contributed by atoms with E-state index >= 15 is 0 Å². The van der Waals surface area contributed by atoms with Crippen LogP contribution in [0.15, 0.2) is 21.9 Å². The van der Waals surface area contributed by atoms with Crippen molar-refractivity contribution in [2.24, 2.45) is 7.05 Å². The van der Waals surface area contributed by atoms with E-state index in [9.17, 15) is 9.59 Å². The lowest BCUT2D eigenvalue weighted by Crippen LogP contribution is -2.39. The van der Waals surface area contributed by atoms with Gasteiger partial charge in [-0.05, 0) is 6.42 Å². The average Bonchev–Trinajstić information content (AvgIpc) is 2.40. The lowest BCUT2D eigenvalue weighted by Gasteiger charge is -2.26. The van der Waals surface area contributed by atoms with Gasteiger partial charge in [0.05, 0.1) is 13.2 Å². The summed E-state index contributed by atoms with van der Waals surface area (Å²) in [6, 6.07) is 1.43. The first-order chi connectivity index (χ1) is 8.68. The summed E-state index contributed by atoms with van der Waals surface area (Å²) in [5.41, 5.74) is -0.506. The van der Waals surface area contributed by atoms with E-state index in [-0.39, 0.29) is 11.2 Å².